The van der Waals surface area contributed by atoms with Crippen LogP contribution >= 0.6 is 0 Å². The predicted molar refractivity (Wildman–Crippen MR) is 48.4 cm³/mol. The zero-order chi connectivity index (χ0) is 10.0. The lowest BCUT2D eigenvalue weighted by molar-refractivity contribution is -0.390. The van der Waals surface area contributed by atoms with Crippen LogP contribution in [-0.2, 0) is 13.5 Å². The molecule has 0 N–H and O–H groups in total. The van der Waals surface area contributed by atoms with Crippen LogP contribution in [0.3, 0.4) is 0 Å². The molecule has 72 valence electrons. The number of rotatable bonds is 3. The minimum atomic E-state index is -0.433. The highest BCUT2D eigenvalue weighted by atomic mass is 16.6. The van der Waals surface area contributed by atoms with Gasteiger partial charge in [-0.1, -0.05) is 13.8 Å². The van der Waals surface area contributed by atoms with Gasteiger partial charge in [-0.2, -0.15) is 0 Å². The van der Waals surface area contributed by atoms with E-state index in [1.54, 1.807) is 11.6 Å². The third kappa shape index (κ3) is 2.05. The second-order valence-corrected chi connectivity index (χ2v) is 3.48. The van der Waals surface area contributed by atoms with E-state index in [1.165, 1.54) is 6.33 Å². The van der Waals surface area contributed by atoms with Crippen molar-refractivity contribution in [3.8, 4) is 0 Å². The van der Waals surface area contributed by atoms with Crippen molar-refractivity contribution in [2.75, 3.05) is 0 Å². The van der Waals surface area contributed by atoms with E-state index in [4.69, 9.17) is 0 Å². The first-order valence-electron chi connectivity index (χ1n) is 4.17. The lowest BCUT2D eigenvalue weighted by atomic mass is 10.1. The normalized spacial score (nSPS) is 10.8. The second kappa shape index (κ2) is 3.55. The molecule has 0 atom stereocenters. The van der Waals surface area contributed by atoms with Crippen molar-refractivity contribution in [1.82, 2.24) is 9.55 Å². The molecule has 1 heterocycles. The van der Waals surface area contributed by atoms with Crippen molar-refractivity contribution in [2.24, 2.45) is 13.0 Å². The van der Waals surface area contributed by atoms with Crippen LogP contribution < -0.4 is 0 Å². The maximum Gasteiger partial charge on any atom is 0.384 e. The standard InChI is InChI=1S/C8H13N3O2/c1-6(2)4-7-8(11(12)13)9-5-10(7)3/h5-6H,4H2,1-3H3. The van der Waals surface area contributed by atoms with Crippen LogP contribution in [0.5, 0.6) is 0 Å². The van der Waals surface area contributed by atoms with Gasteiger partial charge < -0.3 is 14.7 Å². The fourth-order valence-electron chi connectivity index (χ4n) is 1.22. The monoisotopic (exact) mass is 183 g/mol. The topological polar surface area (TPSA) is 61.0 Å². The molecule has 0 aliphatic carbocycles. The Labute approximate surface area is 76.5 Å². The number of aromatic nitrogens is 2. The van der Waals surface area contributed by atoms with Crippen LogP contribution in [-0.4, -0.2) is 14.5 Å². The fraction of sp³-hybridized carbons (Fsp3) is 0.625. The first-order chi connectivity index (χ1) is 6.02. The highest BCUT2D eigenvalue weighted by Crippen LogP contribution is 2.18. The summed E-state index contributed by atoms with van der Waals surface area (Å²) < 4.78 is 1.71. The molecule has 1 aromatic heterocycles. The molecule has 5 nitrogen and oxygen atoms in total. The quantitative estimate of drug-likeness (QED) is 0.527. The van der Waals surface area contributed by atoms with Crippen molar-refractivity contribution in [1.29, 1.82) is 0 Å². The van der Waals surface area contributed by atoms with E-state index < -0.39 is 4.92 Å². The smallest absolute Gasteiger partial charge is 0.358 e. The Morgan fingerprint density at radius 2 is 2.31 bits per heavy atom. The molecule has 0 saturated carbocycles. The van der Waals surface area contributed by atoms with Gasteiger partial charge in [-0.25, -0.2) is 0 Å². The maximum absolute atomic E-state index is 10.5. The molecule has 0 saturated heterocycles. The molecule has 0 radical (unpaired) electrons. The maximum atomic E-state index is 10.5. The van der Waals surface area contributed by atoms with E-state index >= 15 is 0 Å². The van der Waals surface area contributed by atoms with E-state index in [2.05, 4.69) is 4.98 Å². The number of hydrogen-bond donors (Lipinski definition) is 0. The highest BCUT2D eigenvalue weighted by Gasteiger charge is 2.19. The van der Waals surface area contributed by atoms with Gasteiger partial charge in [-0.05, 0) is 22.2 Å². The molecule has 1 aromatic rings. The molecule has 0 unspecified atom stereocenters. The molecule has 0 aromatic carbocycles. The minimum Gasteiger partial charge on any atom is -0.358 e. The zero-order valence-electron chi connectivity index (χ0n) is 8.02. The first-order valence-corrected chi connectivity index (χ1v) is 4.17. The Kier molecular flexibility index (Phi) is 2.65. The summed E-state index contributed by atoms with van der Waals surface area (Å²) in [5.41, 5.74) is 0.694. The number of nitrogens with zero attached hydrogens (tertiary/aromatic N) is 3. The third-order valence-electron chi connectivity index (χ3n) is 1.81. The molecule has 1 rings (SSSR count). The van der Waals surface area contributed by atoms with Crippen LogP contribution in [0.1, 0.15) is 19.5 Å². The highest BCUT2D eigenvalue weighted by molar-refractivity contribution is 5.27. The second-order valence-electron chi connectivity index (χ2n) is 3.48. The molecule has 0 amide bonds. The molecule has 0 aliphatic rings. The van der Waals surface area contributed by atoms with Gasteiger partial charge in [-0.15, -0.1) is 0 Å². The van der Waals surface area contributed by atoms with Gasteiger partial charge in [0.2, 0.25) is 6.33 Å². The van der Waals surface area contributed by atoms with E-state index in [0.717, 1.165) is 0 Å². The van der Waals surface area contributed by atoms with Crippen LogP contribution in [0.2, 0.25) is 0 Å². The van der Waals surface area contributed by atoms with Crippen LogP contribution in [0.4, 0.5) is 5.82 Å². The molecular weight excluding hydrogens is 170 g/mol. The van der Waals surface area contributed by atoms with E-state index in [-0.39, 0.29) is 5.82 Å². The van der Waals surface area contributed by atoms with Gasteiger partial charge in [-0.3, -0.25) is 0 Å². The zero-order valence-corrected chi connectivity index (χ0v) is 8.02. The van der Waals surface area contributed by atoms with Gasteiger partial charge in [0, 0.05) is 7.05 Å². The van der Waals surface area contributed by atoms with Gasteiger partial charge in [0.25, 0.3) is 0 Å². The Balaban J connectivity index is 3.01. The van der Waals surface area contributed by atoms with Crippen LogP contribution in [0.15, 0.2) is 6.33 Å². The van der Waals surface area contributed by atoms with Crippen LogP contribution in [0, 0.1) is 16.0 Å². The van der Waals surface area contributed by atoms with Crippen molar-refractivity contribution < 1.29 is 4.92 Å². The van der Waals surface area contributed by atoms with Crippen LogP contribution in [0.25, 0.3) is 0 Å². The summed E-state index contributed by atoms with van der Waals surface area (Å²) in [6, 6.07) is 0. The van der Waals surface area contributed by atoms with Crippen molar-refractivity contribution >= 4 is 5.82 Å². The molecule has 0 bridgehead atoms. The SMILES string of the molecule is CC(C)Cc1c([N+](=O)[O-])ncn1C. The van der Waals surface area contributed by atoms with Crippen molar-refractivity contribution in [3.05, 3.63) is 22.1 Å². The number of imidazole rings is 1. The van der Waals surface area contributed by atoms with Gasteiger partial charge in [0.05, 0.1) is 0 Å². The summed E-state index contributed by atoms with van der Waals surface area (Å²) in [5, 5.41) is 10.5. The summed E-state index contributed by atoms with van der Waals surface area (Å²) in [4.78, 5) is 13.8. The molecule has 0 fully saturated rings. The Hall–Kier alpha value is -1.39. The molecular formula is C8H13N3O2. The largest absolute Gasteiger partial charge is 0.384 e. The van der Waals surface area contributed by atoms with E-state index in [0.29, 0.717) is 18.0 Å². The fourth-order valence-corrected chi connectivity index (χ4v) is 1.22. The summed E-state index contributed by atoms with van der Waals surface area (Å²) in [7, 11) is 1.78. The lowest BCUT2D eigenvalue weighted by Crippen LogP contribution is -2.03. The van der Waals surface area contributed by atoms with E-state index in [1.807, 2.05) is 13.8 Å². The lowest BCUT2D eigenvalue weighted by Gasteiger charge is -2.04. The van der Waals surface area contributed by atoms with Crippen molar-refractivity contribution in [3.63, 3.8) is 0 Å². The van der Waals surface area contributed by atoms with Gasteiger partial charge in [0.15, 0.2) is 0 Å². The summed E-state index contributed by atoms with van der Waals surface area (Å²) in [6.07, 6.45) is 2.17. The molecule has 0 aliphatic heterocycles. The Bertz CT molecular complexity index is 317. The average molecular weight is 183 g/mol. The molecule has 0 spiro atoms. The van der Waals surface area contributed by atoms with Gasteiger partial charge in [0.1, 0.15) is 5.69 Å². The molecule has 13 heavy (non-hydrogen) atoms. The number of aryl methyl sites for hydroxylation is 1. The molecule has 5 heteroatoms. The first kappa shape index (κ1) is 9.70. The summed E-state index contributed by atoms with van der Waals surface area (Å²) in [6.45, 7) is 4.05. The summed E-state index contributed by atoms with van der Waals surface area (Å²) >= 11 is 0. The predicted octanol–water partition coefficient (Wildman–Crippen LogP) is 1.53. The van der Waals surface area contributed by atoms with Crippen molar-refractivity contribution in [2.45, 2.75) is 20.3 Å². The van der Waals surface area contributed by atoms with E-state index in [9.17, 15) is 10.1 Å². The number of hydrogen-bond acceptors (Lipinski definition) is 3. The Morgan fingerprint density at radius 3 is 2.77 bits per heavy atom. The Morgan fingerprint density at radius 1 is 1.69 bits per heavy atom. The average Bonchev–Trinajstić information content (AvgIpc) is 2.32. The number of nitro groups is 1. The third-order valence-corrected chi connectivity index (χ3v) is 1.81. The summed E-state index contributed by atoms with van der Waals surface area (Å²) in [5.74, 6) is 0.380. The van der Waals surface area contributed by atoms with Gasteiger partial charge >= 0.3 is 5.82 Å². The minimum absolute atomic E-state index is 0.0174.